The SMILES string of the molecule is COC(=O)[C@@H]1CC[C@@H](O[N+](=O)[O-])[C@H](OC)C1. The quantitative estimate of drug-likeness (QED) is 0.400. The molecule has 0 spiro atoms. The summed E-state index contributed by atoms with van der Waals surface area (Å²) in [6.07, 6.45) is 0.288. The zero-order valence-electron chi connectivity index (χ0n) is 9.25. The Morgan fingerprint density at radius 3 is 2.50 bits per heavy atom. The molecule has 1 fully saturated rings. The molecular weight excluding hydrogens is 218 g/mol. The Morgan fingerprint density at radius 1 is 1.31 bits per heavy atom. The fraction of sp³-hybridized carbons (Fsp3) is 0.889. The maximum absolute atomic E-state index is 11.3. The van der Waals surface area contributed by atoms with Gasteiger partial charge in [-0.2, -0.15) is 0 Å². The zero-order valence-corrected chi connectivity index (χ0v) is 9.25. The smallest absolute Gasteiger partial charge is 0.308 e. The van der Waals surface area contributed by atoms with E-state index < -0.39 is 17.3 Å². The molecule has 7 nitrogen and oxygen atoms in total. The van der Waals surface area contributed by atoms with Crippen molar-refractivity contribution in [2.45, 2.75) is 31.5 Å². The van der Waals surface area contributed by atoms with Gasteiger partial charge < -0.3 is 14.3 Å². The van der Waals surface area contributed by atoms with Crippen LogP contribution in [0.1, 0.15) is 19.3 Å². The van der Waals surface area contributed by atoms with Crippen LogP contribution >= 0.6 is 0 Å². The van der Waals surface area contributed by atoms with Crippen LogP contribution in [0.25, 0.3) is 0 Å². The number of rotatable bonds is 4. The zero-order chi connectivity index (χ0) is 12.1. The lowest BCUT2D eigenvalue weighted by molar-refractivity contribution is -0.771. The predicted octanol–water partition coefficient (Wildman–Crippen LogP) is 0.551. The number of carbonyl (C=O) groups is 1. The largest absolute Gasteiger partial charge is 0.469 e. The van der Waals surface area contributed by atoms with Crippen LogP contribution in [0, 0.1) is 16.0 Å². The maximum Gasteiger partial charge on any atom is 0.308 e. The summed E-state index contributed by atoms with van der Waals surface area (Å²) < 4.78 is 9.72. The number of nitrogens with zero attached hydrogens (tertiary/aromatic N) is 1. The minimum atomic E-state index is -0.824. The molecule has 0 saturated heterocycles. The Hall–Kier alpha value is -1.37. The Morgan fingerprint density at radius 2 is 2.00 bits per heavy atom. The summed E-state index contributed by atoms with van der Waals surface area (Å²) in [6, 6.07) is 0. The molecule has 0 radical (unpaired) electrons. The molecule has 0 bridgehead atoms. The third kappa shape index (κ3) is 3.06. The number of hydrogen-bond donors (Lipinski definition) is 0. The highest BCUT2D eigenvalue weighted by molar-refractivity contribution is 5.72. The van der Waals surface area contributed by atoms with Crippen LogP contribution in [0.4, 0.5) is 0 Å². The third-order valence-corrected chi connectivity index (χ3v) is 2.79. The molecule has 1 aliphatic rings. The van der Waals surface area contributed by atoms with Crippen molar-refractivity contribution in [3.05, 3.63) is 10.1 Å². The first-order valence-electron chi connectivity index (χ1n) is 5.00. The number of ether oxygens (including phenoxy) is 2. The summed E-state index contributed by atoms with van der Waals surface area (Å²) in [7, 11) is 2.77. The Labute approximate surface area is 92.8 Å². The van der Waals surface area contributed by atoms with E-state index in [9.17, 15) is 14.9 Å². The third-order valence-electron chi connectivity index (χ3n) is 2.79. The van der Waals surface area contributed by atoms with Crippen molar-refractivity contribution in [2.75, 3.05) is 14.2 Å². The Kier molecular flexibility index (Phi) is 4.48. The van der Waals surface area contributed by atoms with E-state index in [0.29, 0.717) is 19.3 Å². The van der Waals surface area contributed by atoms with Crippen molar-refractivity contribution in [3.63, 3.8) is 0 Å². The van der Waals surface area contributed by atoms with Crippen LogP contribution in [0.5, 0.6) is 0 Å². The fourth-order valence-electron chi connectivity index (χ4n) is 1.96. The van der Waals surface area contributed by atoms with Gasteiger partial charge >= 0.3 is 5.97 Å². The van der Waals surface area contributed by atoms with Gasteiger partial charge in [-0.1, -0.05) is 0 Å². The van der Waals surface area contributed by atoms with E-state index in [0.717, 1.165) is 0 Å². The molecule has 0 aromatic carbocycles. The first-order valence-corrected chi connectivity index (χ1v) is 5.00. The average Bonchev–Trinajstić information content (AvgIpc) is 2.27. The van der Waals surface area contributed by atoms with Crippen molar-refractivity contribution < 1.29 is 24.2 Å². The molecule has 16 heavy (non-hydrogen) atoms. The highest BCUT2D eigenvalue weighted by Crippen LogP contribution is 2.29. The van der Waals surface area contributed by atoms with Gasteiger partial charge in [0, 0.05) is 7.11 Å². The lowest BCUT2D eigenvalue weighted by Gasteiger charge is -2.32. The highest BCUT2D eigenvalue weighted by Gasteiger charge is 2.36. The van der Waals surface area contributed by atoms with Gasteiger partial charge in [0.1, 0.15) is 6.10 Å². The molecule has 1 aliphatic carbocycles. The molecule has 0 aromatic heterocycles. The van der Waals surface area contributed by atoms with Gasteiger partial charge in [-0.05, 0) is 19.3 Å². The van der Waals surface area contributed by atoms with Crippen molar-refractivity contribution in [1.29, 1.82) is 0 Å². The van der Waals surface area contributed by atoms with Gasteiger partial charge in [0.15, 0.2) is 0 Å². The van der Waals surface area contributed by atoms with Gasteiger partial charge in [0.25, 0.3) is 5.09 Å². The molecule has 0 aromatic rings. The van der Waals surface area contributed by atoms with E-state index in [1.54, 1.807) is 0 Å². The van der Waals surface area contributed by atoms with Crippen molar-refractivity contribution in [1.82, 2.24) is 0 Å². The summed E-state index contributed by atoms with van der Waals surface area (Å²) in [4.78, 5) is 26.0. The normalized spacial score (nSPS) is 29.5. The van der Waals surface area contributed by atoms with Gasteiger partial charge in [-0.15, -0.1) is 10.1 Å². The molecule has 1 saturated carbocycles. The van der Waals surface area contributed by atoms with Gasteiger partial charge in [0.2, 0.25) is 0 Å². The van der Waals surface area contributed by atoms with E-state index in [2.05, 4.69) is 9.57 Å². The molecule has 0 amide bonds. The molecule has 0 heterocycles. The molecule has 0 unspecified atom stereocenters. The number of esters is 1. The first kappa shape index (κ1) is 12.7. The average molecular weight is 233 g/mol. The minimum Gasteiger partial charge on any atom is -0.469 e. The van der Waals surface area contributed by atoms with Crippen LogP contribution < -0.4 is 0 Å². The van der Waals surface area contributed by atoms with Gasteiger partial charge in [-0.3, -0.25) is 4.79 Å². The summed E-state index contributed by atoms with van der Waals surface area (Å²) in [5.74, 6) is -0.567. The predicted molar refractivity (Wildman–Crippen MR) is 52.0 cm³/mol. The fourth-order valence-corrected chi connectivity index (χ4v) is 1.96. The van der Waals surface area contributed by atoms with Crippen LogP contribution in [0.3, 0.4) is 0 Å². The molecular formula is C9H15NO6. The molecule has 7 heteroatoms. The van der Waals surface area contributed by atoms with E-state index in [1.807, 2.05) is 0 Å². The van der Waals surface area contributed by atoms with E-state index in [-0.39, 0.29) is 11.9 Å². The van der Waals surface area contributed by atoms with Crippen molar-refractivity contribution >= 4 is 5.97 Å². The molecule has 1 rings (SSSR count). The summed E-state index contributed by atoms with van der Waals surface area (Å²) >= 11 is 0. The standard InChI is InChI=1S/C9H15NO6/c1-14-8-5-6(9(11)15-2)3-4-7(8)16-10(12)13/h6-8H,3-5H2,1-2H3/t6-,7-,8-/m1/s1. The summed E-state index contributed by atoms with van der Waals surface area (Å²) in [5, 5.41) is 9.41. The minimum absolute atomic E-state index is 0.262. The van der Waals surface area contributed by atoms with Crippen LogP contribution in [-0.2, 0) is 19.1 Å². The lowest BCUT2D eigenvalue weighted by Crippen LogP contribution is -2.40. The van der Waals surface area contributed by atoms with E-state index >= 15 is 0 Å². The van der Waals surface area contributed by atoms with Crippen LogP contribution in [0.2, 0.25) is 0 Å². The molecule has 92 valence electrons. The number of methoxy groups -OCH3 is 2. The second kappa shape index (κ2) is 5.64. The monoisotopic (exact) mass is 233 g/mol. The van der Waals surface area contributed by atoms with Gasteiger partial charge in [-0.25, -0.2) is 0 Å². The molecule has 0 aliphatic heterocycles. The van der Waals surface area contributed by atoms with Crippen molar-refractivity contribution in [2.24, 2.45) is 5.92 Å². The van der Waals surface area contributed by atoms with E-state index in [4.69, 9.17) is 4.74 Å². The summed E-state index contributed by atoms with van der Waals surface area (Å²) in [5.41, 5.74) is 0. The second-order valence-electron chi connectivity index (χ2n) is 3.67. The maximum atomic E-state index is 11.3. The molecule has 3 atom stereocenters. The Bertz CT molecular complexity index is 269. The topological polar surface area (TPSA) is 87.9 Å². The lowest BCUT2D eigenvalue weighted by atomic mass is 9.85. The second-order valence-corrected chi connectivity index (χ2v) is 3.67. The van der Waals surface area contributed by atoms with Crippen molar-refractivity contribution in [3.8, 4) is 0 Å². The van der Waals surface area contributed by atoms with Crippen LogP contribution in [-0.4, -0.2) is 37.5 Å². The Balaban J connectivity index is 2.56. The number of carbonyl (C=O) groups excluding carboxylic acids is 1. The first-order chi connectivity index (χ1) is 7.58. The number of hydrogen-bond acceptors (Lipinski definition) is 6. The molecule has 0 N–H and O–H groups in total. The van der Waals surface area contributed by atoms with Crippen LogP contribution in [0.15, 0.2) is 0 Å². The highest BCUT2D eigenvalue weighted by atomic mass is 17.0. The van der Waals surface area contributed by atoms with Gasteiger partial charge in [0.05, 0.1) is 19.1 Å². The summed E-state index contributed by atoms with van der Waals surface area (Å²) in [6.45, 7) is 0. The van der Waals surface area contributed by atoms with E-state index in [1.165, 1.54) is 14.2 Å².